The van der Waals surface area contributed by atoms with Gasteiger partial charge in [0.2, 0.25) is 0 Å². The number of amides is 1. The predicted octanol–water partition coefficient (Wildman–Crippen LogP) is 3.65. The van der Waals surface area contributed by atoms with Gasteiger partial charge >= 0.3 is 6.09 Å². The lowest BCUT2D eigenvalue weighted by atomic mass is 10.2. The molecule has 1 aromatic rings. The van der Waals surface area contributed by atoms with Crippen molar-refractivity contribution in [1.29, 1.82) is 0 Å². The zero-order chi connectivity index (χ0) is 14.5. The maximum Gasteiger partial charge on any atom is 0.412 e. The quantitative estimate of drug-likeness (QED) is 0.789. The van der Waals surface area contributed by atoms with E-state index in [2.05, 4.69) is 11.2 Å². The van der Waals surface area contributed by atoms with Crippen LogP contribution in [-0.2, 0) is 4.74 Å². The lowest BCUT2D eigenvalue weighted by Gasteiger charge is -2.19. The molecule has 0 aliphatic heterocycles. The number of hydrogen-bond donors (Lipinski definition) is 1. The van der Waals surface area contributed by atoms with E-state index in [-0.39, 0.29) is 0 Å². The topological polar surface area (TPSA) is 38.3 Å². The first kappa shape index (κ1) is 15.0. The Balaban J connectivity index is 2.63. The molecule has 5 heteroatoms. The molecular formula is C14H15F2NO2. The van der Waals surface area contributed by atoms with Crippen LogP contribution in [0, 0.1) is 11.8 Å². The van der Waals surface area contributed by atoms with E-state index < -0.39 is 18.1 Å². The lowest BCUT2D eigenvalue weighted by Crippen LogP contribution is -2.27. The first-order valence-corrected chi connectivity index (χ1v) is 5.66. The maximum atomic E-state index is 11.9. The molecule has 1 amide bonds. The van der Waals surface area contributed by atoms with Crippen LogP contribution < -0.4 is 5.32 Å². The normalized spacial score (nSPS) is 10.6. The SMILES string of the molecule is CC(C)(C)OC(=O)Nc1ccc(C#CC(F)F)cc1. The lowest BCUT2D eigenvalue weighted by molar-refractivity contribution is 0.0636. The number of hydrogen-bond acceptors (Lipinski definition) is 2. The highest BCUT2D eigenvalue weighted by Gasteiger charge is 2.15. The Morgan fingerprint density at radius 2 is 1.84 bits per heavy atom. The van der Waals surface area contributed by atoms with Crippen molar-refractivity contribution in [1.82, 2.24) is 0 Å². The number of ether oxygens (including phenoxy) is 1. The second-order valence-electron chi connectivity index (χ2n) is 4.77. The Kier molecular flexibility index (Phi) is 4.87. The van der Waals surface area contributed by atoms with Gasteiger partial charge in [-0.3, -0.25) is 5.32 Å². The van der Waals surface area contributed by atoms with E-state index in [1.807, 2.05) is 0 Å². The van der Waals surface area contributed by atoms with Gasteiger partial charge < -0.3 is 4.74 Å². The molecule has 19 heavy (non-hydrogen) atoms. The highest BCUT2D eigenvalue weighted by Crippen LogP contribution is 2.12. The molecule has 102 valence electrons. The summed E-state index contributed by atoms with van der Waals surface area (Å²) in [6, 6.07) is 6.23. The number of alkyl halides is 2. The van der Waals surface area contributed by atoms with E-state index in [4.69, 9.17) is 4.74 Å². The highest BCUT2D eigenvalue weighted by atomic mass is 19.3. The number of benzene rings is 1. The van der Waals surface area contributed by atoms with Crippen LogP contribution in [0.4, 0.5) is 19.3 Å². The first-order valence-electron chi connectivity index (χ1n) is 5.66. The van der Waals surface area contributed by atoms with Crippen LogP contribution in [0.25, 0.3) is 0 Å². The van der Waals surface area contributed by atoms with E-state index in [1.165, 1.54) is 0 Å². The van der Waals surface area contributed by atoms with Gasteiger partial charge in [0.1, 0.15) is 5.60 Å². The second kappa shape index (κ2) is 6.19. The number of carbonyl (C=O) groups excluding carboxylic acids is 1. The Morgan fingerprint density at radius 3 is 2.32 bits per heavy atom. The molecule has 0 spiro atoms. The van der Waals surface area contributed by atoms with Crippen LogP contribution in [0.2, 0.25) is 0 Å². The summed E-state index contributed by atoms with van der Waals surface area (Å²) >= 11 is 0. The molecule has 0 saturated carbocycles. The number of nitrogens with one attached hydrogen (secondary N) is 1. The molecule has 0 unspecified atom stereocenters. The van der Waals surface area contributed by atoms with Crippen molar-refractivity contribution < 1.29 is 18.3 Å². The molecule has 0 radical (unpaired) electrons. The second-order valence-corrected chi connectivity index (χ2v) is 4.77. The Bertz CT molecular complexity index is 493. The van der Waals surface area contributed by atoms with Gasteiger partial charge in [-0.05, 0) is 51.0 Å². The highest BCUT2D eigenvalue weighted by molar-refractivity contribution is 5.84. The van der Waals surface area contributed by atoms with E-state index in [0.717, 1.165) is 0 Å². The minimum atomic E-state index is -2.65. The van der Waals surface area contributed by atoms with Crippen molar-refractivity contribution in [3.8, 4) is 11.8 Å². The van der Waals surface area contributed by atoms with Crippen molar-refractivity contribution in [2.75, 3.05) is 5.32 Å². The first-order chi connectivity index (χ1) is 8.76. The molecule has 0 heterocycles. The van der Waals surface area contributed by atoms with Crippen molar-refractivity contribution >= 4 is 11.8 Å². The van der Waals surface area contributed by atoms with Crippen molar-refractivity contribution in [2.24, 2.45) is 0 Å². The van der Waals surface area contributed by atoms with Crippen LogP contribution in [0.1, 0.15) is 26.3 Å². The van der Waals surface area contributed by atoms with Gasteiger partial charge in [-0.25, -0.2) is 4.79 Å². The third kappa shape index (κ3) is 6.41. The van der Waals surface area contributed by atoms with Crippen LogP contribution >= 0.6 is 0 Å². The maximum absolute atomic E-state index is 11.9. The molecule has 1 aromatic carbocycles. The minimum absolute atomic E-state index is 0.454. The predicted molar refractivity (Wildman–Crippen MR) is 69.2 cm³/mol. The zero-order valence-electron chi connectivity index (χ0n) is 11.0. The molecular weight excluding hydrogens is 252 g/mol. The number of rotatable bonds is 1. The molecule has 0 saturated heterocycles. The van der Waals surface area contributed by atoms with Gasteiger partial charge in [0.25, 0.3) is 6.43 Å². The minimum Gasteiger partial charge on any atom is -0.444 e. The van der Waals surface area contributed by atoms with E-state index in [1.54, 1.807) is 51.0 Å². The largest absolute Gasteiger partial charge is 0.444 e. The number of carbonyl (C=O) groups is 1. The average molecular weight is 267 g/mol. The average Bonchev–Trinajstić information content (AvgIpc) is 2.25. The number of anilines is 1. The van der Waals surface area contributed by atoms with E-state index >= 15 is 0 Å². The summed E-state index contributed by atoms with van der Waals surface area (Å²) in [5.41, 5.74) is 0.388. The van der Waals surface area contributed by atoms with Gasteiger partial charge in [-0.2, -0.15) is 8.78 Å². The van der Waals surface area contributed by atoms with Gasteiger partial charge in [0.05, 0.1) is 0 Å². The third-order valence-corrected chi connectivity index (χ3v) is 1.86. The van der Waals surface area contributed by atoms with Gasteiger partial charge in [0.15, 0.2) is 0 Å². The van der Waals surface area contributed by atoms with E-state index in [9.17, 15) is 13.6 Å². The Labute approximate surface area is 111 Å². The molecule has 3 nitrogen and oxygen atoms in total. The Hall–Kier alpha value is -2.09. The van der Waals surface area contributed by atoms with Crippen LogP contribution in [-0.4, -0.2) is 18.1 Å². The summed E-state index contributed by atoms with van der Waals surface area (Å²) in [7, 11) is 0. The molecule has 0 aromatic heterocycles. The monoisotopic (exact) mass is 267 g/mol. The van der Waals surface area contributed by atoms with Crippen molar-refractivity contribution in [2.45, 2.75) is 32.8 Å². The third-order valence-electron chi connectivity index (χ3n) is 1.86. The molecule has 0 bridgehead atoms. The fourth-order valence-electron chi connectivity index (χ4n) is 1.20. The summed E-state index contributed by atoms with van der Waals surface area (Å²) < 4.78 is 28.8. The van der Waals surface area contributed by atoms with Crippen LogP contribution in [0.15, 0.2) is 24.3 Å². The molecule has 1 N–H and O–H groups in total. The Morgan fingerprint density at radius 1 is 1.26 bits per heavy atom. The molecule has 0 aliphatic carbocycles. The smallest absolute Gasteiger partial charge is 0.412 e. The van der Waals surface area contributed by atoms with E-state index in [0.29, 0.717) is 11.3 Å². The molecule has 0 atom stereocenters. The molecule has 0 fully saturated rings. The summed E-state index contributed by atoms with van der Waals surface area (Å²) in [6.45, 7) is 5.28. The summed E-state index contributed by atoms with van der Waals surface area (Å²) in [6.07, 6.45) is -3.22. The summed E-state index contributed by atoms with van der Waals surface area (Å²) in [5, 5.41) is 2.53. The molecule has 0 aliphatic rings. The van der Waals surface area contributed by atoms with Crippen LogP contribution in [0.3, 0.4) is 0 Å². The van der Waals surface area contributed by atoms with Gasteiger partial charge in [0, 0.05) is 11.3 Å². The summed E-state index contributed by atoms with van der Waals surface area (Å²) in [5.74, 6) is 4.08. The standard InChI is InChI=1S/C14H15F2NO2/c1-14(2,3)19-13(18)17-11-7-4-10(5-8-11)6-9-12(15)16/h4-5,7-8,12H,1-3H3,(H,17,18). The fourth-order valence-corrected chi connectivity index (χ4v) is 1.20. The summed E-state index contributed by atoms with van der Waals surface area (Å²) in [4.78, 5) is 11.5. The van der Waals surface area contributed by atoms with Crippen molar-refractivity contribution in [3.05, 3.63) is 29.8 Å². The van der Waals surface area contributed by atoms with Crippen LogP contribution in [0.5, 0.6) is 0 Å². The zero-order valence-corrected chi connectivity index (χ0v) is 11.0. The van der Waals surface area contributed by atoms with Gasteiger partial charge in [-0.1, -0.05) is 5.92 Å². The van der Waals surface area contributed by atoms with Crippen molar-refractivity contribution in [3.63, 3.8) is 0 Å². The molecule has 1 rings (SSSR count). The number of halogens is 2. The van der Waals surface area contributed by atoms with Gasteiger partial charge in [-0.15, -0.1) is 0 Å². The fraction of sp³-hybridized carbons (Fsp3) is 0.357.